The third-order valence-corrected chi connectivity index (χ3v) is 5.23. The molecule has 0 aromatic heterocycles. The second-order valence-corrected chi connectivity index (χ2v) is 6.88. The van der Waals surface area contributed by atoms with Crippen molar-refractivity contribution in [1.82, 2.24) is 15.1 Å². The number of amides is 3. The molecule has 6 heteroatoms. The second kappa shape index (κ2) is 8.23. The average molecular weight is 345 g/mol. The minimum atomic E-state index is -0.317. The molecule has 1 aromatic carbocycles. The van der Waals surface area contributed by atoms with Gasteiger partial charge in [0.1, 0.15) is 0 Å². The summed E-state index contributed by atoms with van der Waals surface area (Å²) in [5.41, 5.74) is 1.36. The molecule has 2 saturated heterocycles. The third-order valence-electron chi connectivity index (χ3n) is 5.23. The van der Waals surface area contributed by atoms with Crippen LogP contribution in [0.3, 0.4) is 0 Å². The fourth-order valence-corrected chi connectivity index (χ4v) is 3.80. The Bertz CT molecular complexity index is 585. The van der Waals surface area contributed by atoms with Crippen LogP contribution in [-0.4, -0.2) is 61.3 Å². The summed E-state index contributed by atoms with van der Waals surface area (Å²) in [4.78, 5) is 27.7. The molecule has 2 aliphatic rings. The van der Waals surface area contributed by atoms with Crippen molar-refractivity contribution in [1.29, 1.82) is 0 Å². The first-order chi connectivity index (χ1) is 12.2. The molecule has 6 nitrogen and oxygen atoms in total. The topological polar surface area (TPSA) is 61.9 Å². The quantitative estimate of drug-likeness (QED) is 0.896. The van der Waals surface area contributed by atoms with E-state index in [1.165, 1.54) is 12.7 Å². The first-order valence-electron chi connectivity index (χ1n) is 9.10. The van der Waals surface area contributed by atoms with E-state index in [4.69, 9.17) is 4.74 Å². The van der Waals surface area contributed by atoms with E-state index in [9.17, 15) is 9.59 Å². The summed E-state index contributed by atoms with van der Waals surface area (Å²) in [6.45, 7) is 2.78. The van der Waals surface area contributed by atoms with Gasteiger partial charge >= 0.3 is 12.1 Å². The highest BCUT2D eigenvalue weighted by molar-refractivity contribution is 5.75. The fraction of sp³-hybridized carbons (Fsp3) is 0.579. The van der Waals surface area contributed by atoms with Gasteiger partial charge < -0.3 is 19.9 Å². The number of methoxy groups -OCH3 is 1. The number of hydrogen-bond acceptors (Lipinski definition) is 3. The number of nitrogens with one attached hydrogen (secondary N) is 1. The Balaban J connectivity index is 1.47. The maximum atomic E-state index is 12.5. The van der Waals surface area contributed by atoms with Gasteiger partial charge in [-0.25, -0.2) is 9.59 Å². The molecule has 0 radical (unpaired) electrons. The number of carbonyl (C=O) groups is 2. The number of carbonyl (C=O) groups excluding carboxylic acids is 2. The van der Waals surface area contributed by atoms with Gasteiger partial charge in [-0.15, -0.1) is 0 Å². The van der Waals surface area contributed by atoms with Crippen LogP contribution in [0.15, 0.2) is 30.3 Å². The molecular formula is C19H27N3O3. The lowest BCUT2D eigenvalue weighted by Crippen LogP contribution is -2.53. The van der Waals surface area contributed by atoms with Crippen LogP contribution in [0.2, 0.25) is 0 Å². The van der Waals surface area contributed by atoms with Gasteiger partial charge in [-0.05, 0) is 37.2 Å². The Morgan fingerprint density at radius 1 is 1.04 bits per heavy atom. The lowest BCUT2D eigenvalue weighted by atomic mass is 9.89. The van der Waals surface area contributed by atoms with Gasteiger partial charge in [0, 0.05) is 32.2 Å². The molecule has 1 atom stereocenters. The molecule has 3 rings (SSSR count). The first kappa shape index (κ1) is 17.6. The molecule has 0 bridgehead atoms. The van der Waals surface area contributed by atoms with Crippen molar-refractivity contribution in [2.75, 3.05) is 33.3 Å². The van der Waals surface area contributed by atoms with Gasteiger partial charge in [0.25, 0.3) is 0 Å². The van der Waals surface area contributed by atoms with Crippen LogP contribution in [0.4, 0.5) is 9.59 Å². The Labute approximate surface area is 149 Å². The number of likely N-dealkylation sites (tertiary alicyclic amines) is 2. The monoisotopic (exact) mass is 345 g/mol. The molecule has 3 amide bonds. The molecule has 1 aromatic rings. The predicted molar refractivity (Wildman–Crippen MR) is 95.5 cm³/mol. The van der Waals surface area contributed by atoms with E-state index in [1.807, 2.05) is 11.0 Å². The zero-order valence-electron chi connectivity index (χ0n) is 14.8. The minimum Gasteiger partial charge on any atom is -0.453 e. The first-order valence-corrected chi connectivity index (χ1v) is 9.10. The van der Waals surface area contributed by atoms with Crippen LogP contribution < -0.4 is 5.32 Å². The van der Waals surface area contributed by atoms with Crippen molar-refractivity contribution in [3.8, 4) is 0 Å². The molecule has 25 heavy (non-hydrogen) atoms. The number of piperidine rings is 2. The molecule has 136 valence electrons. The lowest BCUT2D eigenvalue weighted by Gasteiger charge is -2.36. The Morgan fingerprint density at radius 2 is 1.76 bits per heavy atom. The SMILES string of the molecule is COC(=O)N1CCC[C@H](NC(=O)N2CCC(c3ccccc3)CC2)C1. The molecule has 0 unspecified atom stereocenters. The number of rotatable bonds is 2. The normalized spacial score (nSPS) is 21.7. The predicted octanol–water partition coefficient (Wildman–Crippen LogP) is 2.81. The zero-order valence-corrected chi connectivity index (χ0v) is 14.8. The van der Waals surface area contributed by atoms with Gasteiger partial charge in [-0.3, -0.25) is 0 Å². The highest BCUT2D eigenvalue weighted by atomic mass is 16.5. The van der Waals surface area contributed by atoms with Crippen LogP contribution in [0.1, 0.15) is 37.2 Å². The lowest BCUT2D eigenvalue weighted by molar-refractivity contribution is 0.106. The van der Waals surface area contributed by atoms with Crippen molar-refractivity contribution >= 4 is 12.1 Å². The number of hydrogen-bond donors (Lipinski definition) is 1. The number of ether oxygens (including phenoxy) is 1. The van der Waals surface area contributed by atoms with Crippen LogP contribution in [0.25, 0.3) is 0 Å². The Hall–Kier alpha value is -2.24. The maximum absolute atomic E-state index is 12.5. The van der Waals surface area contributed by atoms with Gasteiger partial charge in [0.15, 0.2) is 0 Å². The molecule has 2 aliphatic heterocycles. The van der Waals surface area contributed by atoms with E-state index in [0.29, 0.717) is 19.0 Å². The van der Waals surface area contributed by atoms with E-state index in [-0.39, 0.29) is 18.2 Å². The van der Waals surface area contributed by atoms with Crippen molar-refractivity contribution in [3.05, 3.63) is 35.9 Å². The fourth-order valence-electron chi connectivity index (χ4n) is 3.80. The van der Waals surface area contributed by atoms with E-state index < -0.39 is 0 Å². The van der Waals surface area contributed by atoms with Crippen LogP contribution in [-0.2, 0) is 4.74 Å². The van der Waals surface area contributed by atoms with Gasteiger partial charge in [0.05, 0.1) is 7.11 Å². The number of nitrogens with zero attached hydrogens (tertiary/aromatic N) is 2. The zero-order chi connectivity index (χ0) is 17.6. The summed E-state index contributed by atoms with van der Waals surface area (Å²) in [7, 11) is 1.39. The van der Waals surface area contributed by atoms with E-state index in [2.05, 4.69) is 29.6 Å². The van der Waals surface area contributed by atoms with E-state index >= 15 is 0 Å². The standard InChI is InChI=1S/C19H27N3O3/c1-25-19(24)22-11-5-8-17(14-22)20-18(23)21-12-9-16(10-13-21)15-6-3-2-4-7-15/h2-4,6-7,16-17H,5,8-14H2,1H3,(H,20,23)/t17-/m0/s1. The Kier molecular flexibility index (Phi) is 5.79. The smallest absolute Gasteiger partial charge is 0.409 e. The van der Waals surface area contributed by atoms with E-state index in [0.717, 1.165) is 38.8 Å². The van der Waals surface area contributed by atoms with Crippen molar-refractivity contribution in [2.45, 2.75) is 37.6 Å². The summed E-state index contributed by atoms with van der Waals surface area (Å²) >= 11 is 0. The average Bonchev–Trinajstić information content (AvgIpc) is 2.68. The Morgan fingerprint density at radius 3 is 2.44 bits per heavy atom. The van der Waals surface area contributed by atoms with Crippen LogP contribution >= 0.6 is 0 Å². The molecule has 0 spiro atoms. The maximum Gasteiger partial charge on any atom is 0.409 e. The highest BCUT2D eigenvalue weighted by Crippen LogP contribution is 2.27. The largest absolute Gasteiger partial charge is 0.453 e. The van der Waals surface area contributed by atoms with Crippen LogP contribution in [0, 0.1) is 0 Å². The van der Waals surface area contributed by atoms with Crippen molar-refractivity contribution in [3.63, 3.8) is 0 Å². The third kappa shape index (κ3) is 4.44. The number of benzene rings is 1. The van der Waals surface area contributed by atoms with E-state index in [1.54, 1.807) is 4.90 Å². The molecule has 2 fully saturated rings. The van der Waals surface area contributed by atoms with Crippen LogP contribution in [0.5, 0.6) is 0 Å². The summed E-state index contributed by atoms with van der Waals surface area (Å²) in [5.74, 6) is 0.537. The summed E-state index contributed by atoms with van der Waals surface area (Å²) in [6, 6.07) is 10.5. The molecule has 1 N–H and O–H groups in total. The minimum absolute atomic E-state index is 0.00666. The summed E-state index contributed by atoms with van der Waals surface area (Å²) in [5, 5.41) is 3.09. The summed E-state index contributed by atoms with van der Waals surface area (Å²) in [6.07, 6.45) is 3.46. The highest BCUT2D eigenvalue weighted by Gasteiger charge is 2.28. The number of urea groups is 1. The summed E-state index contributed by atoms with van der Waals surface area (Å²) < 4.78 is 4.78. The second-order valence-electron chi connectivity index (χ2n) is 6.88. The van der Waals surface area contributed by atoms with Crippen molar-refractivity contribution < 1.29 is 14.3 Å². The molecule has 0 saturated carbocycles. The van der Waals surface area contributed by atoms with Gasteiger partial charge in [-0.1, -0.05) is 30.3 Å². The van der Waals surface area contributed by atoms with Crippen molar-refractivity contribution in [2.24, 2.45) is 0 Å². The van der Waals surface area contributed by atoms with Gasteiger partial charge in [0.2, 0.25) is 0 Å². The van der Waals surface area contributed by atoms with Gasteiger partial charge in [-0.2, -0.15) is 0 Å². The molecule has 0 aliphatic carbocycles. The molecular weight excluding hydrogens is 318 g/mol. The molecule has 2 heterocycles.